The van der Waals surface area contributed by atoms with Gasteiger partial charge in [0.2, 0.25) is 0 Å². The van der Waals surface area contributed by atoms with Gasteiger partial charge in [-0.05, 0) is 71.1 Å². The van der Waals surface area contributed by atoms with E-state index in [4.69, 9.17) is 14.6 Å². The van der Waals surface area contributed by atoms with Gasteiger partial charge < -0.3 is 35.0 Å². The van der Waals surface area contributed by atoms with Crippen LogP contribution in [0.3, 0.4) is 0 Å². The van der Waals surface area contributed by atoms with E-state index in [1.807, 2.05) is 0 Å². The van der Waals surface area contributed by atoms with Crippen LogP contribution in [0, 0.1) is 5.92 Å². The van der Waals surface area contributed by atoms with E-state index in [9.17, 15) is 34.8 Å². The van der Waals surface area contributed by atoms with Gasteiger partial charge >= 0.3 is 12.1 Å². The van der Waals surface area contributed by atoms with E-state index in [2.05, 4.69) is 0 Å². The molecule has 0 fully saturated rings. The van der Waals surface area contributed by atoms with Crippen molar-refractivity contribution in [1.29, 1.82) is 0 Å². The molecule has 0 bridgehead atoms. The molecule has 0 aromatic heterocycles. The predicted octanol–water partition coefficient (Wildman–Crippen LogP) is 3.10. The first-order chi connectivity index (χ1) is 19.1. The SMILES string of the molecule is C[C@@H]1/C=C\C(=O)[C@@H](O)[C@@H](O)C/C=C/c2cc(N(CCCCC(O)CO)C(=O)OC(C)(C)C)cc(O)c2C(=O)O[C@H]1C. The normalized spacial score (nSPS) is 24.4. The molecule has 1 unspecified atom stereocenters. The van der Waals surface area contributed by atoms with Crippen LogP contribution in [-0.2, 0) is 14.3 Å². The topological polar surface area (TPSA) is 174 Å². The maximum atomic E-state index is 13.2. The number of fused-ring (bicyclic) bond motifs is 1. The van der Waals surface area contributed by atoms with Crippen molar-refractivity contribution in [3.05, 3.63) is 41.5 Å². The largest absolute Gasteiger partial charge is 0.507 e. The van der Waals surface area contributed by atoms with Crippen molar-refractivity contribution in [1.82, 2.24) is 0 Å². The zero-order chi connectivity index (χ0) is 30.9. The first-order valence-corrected chi connectivity index (χ1v) is 13.8. The van der Waals surface area contributed by atoms with Crippen LogP contribution in [-0.4, -0.2) is 86.5 Å². The molecular weight excluding hydrogens is 534 g/mol. The number of phenolic OH excluding ortho intramolecular Hbond substituents is 1. The summed E-state index contributed by atoms with van der Waals surface area (Å²) in [7, 11) is 0. The Morgan fingerprint density at radius 2 is 1.83 bits per heavy atom. The smallest absolute Gasteiger partial charge is 0.414 e. The van der Waals surface area contributed by atoms with Crippen LogP contribution in [0.4, 0.5) is 10.5 Å². The monoisotopic (exact) mass is 577 g/mol. The molecule has 0 spiro atoms. The number of esters is 1. The highest BCUT2D eigenvalue weighted by Gasteiger charge is 2.28. The summed E-state index contributed by atoms with van der Waals surface area (Å²) in [5, 5.41) is 50.3. The third kappa shape index (κ3) is 10.3. The number of cyclic esters (lactones) is 1. The van der Waals surface area contributed by atoms with Crippen LogP contribution in [0.1, 0.15) is 76.2 Å². The molecule has 1 aromatic rings. The number of ether oxygens (including phenoxy) is 2. The summed E-state index contributed by atoms with van der Waals surface area (Å²) < 4.78 is 11.1. The molecule has 0 aliphatic carbocycles. The van der Waals surface area contributed by atoms with Crippen LogP contribution in [0.2, 0.25) is 0 Å². The number of anilines is 1. The first kappa shape index (κ1) is 34.0. The van der Waals surface area contributed by atoms with E-state index in [0.717, 1.165) is 6.08 Å². The lowest BCUT2D eigenvalue weighted by molar-refractivity contribution is -0.127. The first-order valence-electron chi connectivity index (χ1n) is 13.8. The number of aromatic hydroxyl groups is 1. The van der Waals surface area contributed by atoms with Gasteiger partial charge in [0.25, 0.3) is 0 Å². The molecule has 228 valence electrons. The van der Waals surface area contributed by atoms with E-state index < -0.39 is 59.5 Å². The Morgan fingerprint density at radius 3 is 2.46 bits per heavy atom. The Balaban J connectivity index is 2.54. The van der Waals surface area contributed by atoms with Crippen molar-refractivity contribution < 1.29 is 49.4 Å². The van der Waals surface area contributed by atoms with Crippen molar-refractivity contribution in [3.8, 4) is 5.75 Å². The number of hydrogen-bond acceptors (Lipinski definition) is 10. The molecule has 1 aliphatic heterocycles. The number of hydrogen-bond donors (Lipinski definition) is 5. The van der Waals surface area contributed by atoms with Gasteiger partial charge in [-0.15, -0.1) is 0 Å². The van der Waals surface area contributed by atoms with Gasteiger partial charge in [-0.2, -0.15) is 0 Å². The number of carbonyl (C=O) groups is 3. The maximum Gasteiger partial charge on any atom is 0.414 e. The van der Waals surface area contributed by atoms with Gasteiger partial charge in [-0.25, -0.2) is 9.59 Å². The van der Waals surface area contributed by atoms with Crippen LogP contribution in [0.25, 0.3) is 6.08 Å². The van der Waals surface area contributed by atoms with Crippen molar-refractivity contribution >= 4 is 29.6 Å². The molecule has 0 saturated carbocycles. The van der Waals surface area contributed by atoms with E-state index in [1.165, 1.54) is 35.3 Å². The lowest BCUT2D eigenvalue weighted by Crippen LogP contribution is -2.37. The number of ketones is 1. The Labute approximate surface area is 240 Å². The summed E-state index contributed by atoms with van der Waals surface area (Å²) in [6.07, 6.45) is 1.24. The third-order valence-corrected chi connectivity index (χ3v) is 6.57. The molecule has 41 heavy (non-hydrogen) atoms. The van der Waals surface area contributed by atoms with Crippen LogP contribution in [0.5, 0.6) is 5.75 Å². The molecule has 1 aromatic carbocycles. The van der Waals surface area contributed by atoms with Crippen molar-refractivity contribution in [3.63, 3.8) is 0 Å². The molecule has 2 rings (SSSR count). The number of amides is 1. The van der Waals surface area contributed by atoms with E-state index in [1.54, 1.807) is 34.6 Å². The molecule has 1 heterocycles. The molecular formula is C30H43NO10. The lowest BCUT2D eigenvalue weighted by Gasteiger charge is -2.28. The van der Waals surface area contributed by atoms with Gasteiger partial charge in [0.15, 0.2) is 5.78 Å². The number of nitrogens with zero attached hydrogens (tertiary/aromatic N) is 1. The summed E-state index contributed by atoms with van der Waals surface area (Å²) in [5.74, 6) is -2.39. The van der Waals surface area contributed by atoms with E-state index >= 15 is 0 Å². The molecule has 1 aliphatic rings. The number of aliphatic hydroxyl groups excluding tert-OH is 4. The number of carbonyl (C=O) groups excluding carboxylic acids is 3. The second-order valence-corrected chi connectivity index (χ2v) is 11.3. The molecule has 1 amide bonds. The predicted molar refractivity (Wildman–Crippen MR) is 152 cm³/mol. The number of aliphatic hydroxyl groups is 4. The maximum absolute atomic E-state index is 13.2. The molecule has 11 heteroatoms. The second-order valence-electron chi connectivity index (χ2n) is 11.3. The molecule has 5 N–H and O–H groups in total. The highest BCUT2D eigenvalue weighted by Crippen LogP contribution is 2.32. The minimum absolute atomic E-state index is 0.144. The molecule has 0 radical (unpaired) electrons. The summed E-state index contributed by atoms with van der Waals surface area (Å²) in [6, 6.07) is 2.75. The standard InChI is InChI=1S/C30H43NO10/c1-18-12-13-24(35)27(37)23(34)11-8-9-20-15-21(16-25(36)26(20)28(38)40-19(18)2)31(29(39)41-30(3,4)5)14-7-6-10-22(33)17-32/h8-9,12-13,15-16,18-19,22-23,27,32-34,36-37H,6-7,10-11,14,17H2,1-5H3/b9-8+,13-12-/t18-,19+,22?,23+,27+/m1/s1. The number of phenols is 1. The Bertz CT molecular complexity index is 1120. The zero-order valence-corrected chi connectivity index (χ0v) is 24.3. The van der Waals surface area contributed by atoms with Crippen LogP contribution in [0.15, 0.2) is 30.4 Å². The minimum Gasteiger partial charge on any atom is -0.507 e. The highest BCUT2D eigenvalue weighted by molar-refractivity contribution is 5.99. The van der Waals surface area contributed by atoms with Crippen molar-refractivity contribution in [2.75, 3.05) is 18.1 Å². The fourth-order valence-electron chi connectivity index (χ4n) is 4.02. The number of unbranched alkanes of at least 4 members (excludes halogenated alkanes) is 1. The fraction of sp³-hybridized carbons (Fsp3) is 0.567. The quantitative estimate of drug-likeness (QED) is 0.239. The van der Waals surface area contributed by atoms with Crippen molar-refractivity contribution in [2.24, 2.45) is 5.92 Å². The molecule has 5 atom stereocenters. The molecule has 0 saturated heterocycles. The average Bonchev–Trinajstić information content (AvgIpc) is 2.88. The summed E-state index contributed by atoms with van der Waals surface area (Å²) in [6.45, 7) is 8.23. The van der Waals surface area contributed by atoms with Gasteiger partial charge in [0.1, 0.15) is 29.1 Å². The Hall–Kier alpha value is -3.25. The second kappa shape index (κ2) is 15.1. The zero-order valence-electron chi connectivity index (χ0n) is 24.3. The lowest BCUT2D eigenvalue weighted by atomic mass is 9.99. The minimum atomic E-state index is -1.66. The Kier molecular flexibility index (Phi) is 12.5. The van der Waals surface area contributed by atoms with E-state index in [-0.39, 0.29) is 36.4 Å². The van der Waals surface area contributed by atoms with Crippen LogP contribution >= 0.6 is 0 Å². The van der Waals surface area contributed by atoms with Gasteiger partial charge in [0, 0.05) is 18.5 Å². The van der Waals surface area contributed by atoms with Crippen LogP contribution < -0.4 is 4.90 Å². The fourth-order valence-corrected chi connectivity index (χ4v) is 4.02. The Morgan fingerprint density at radius 1 is 1.15 bits per heavy atom. The van der Waals surface area contributed by atoms with E-state index in [0.29, 0.717) is 19.3 Å². The third-order valence-electron chi connectivity index (χ3n) is 6.57. The van der Waals surface area contributed by atoms with Gasteiger partial charge in [0.05, 0.1) is 24.5 Å². The summed E-state index contributed by atoms with van der Waals surface area (Å²) in [5.41, 5.74) is -0.588. The van der Waals surface area contributed by atoms with Gasteiger partial charge in [-0.3, -0.25) is 9.69 Å². The van der Waals surface area contributed by atoms with Gasteiger partial charge in [-0.1, -0.05) is 25.2 Å². The number of benzene rings is 1. The molecule has 11 nitrogen and oxygen atoms in total. The summed E-state index contributed by atoms with van der Waals surface area (Å²) >= 11 is 0. The average molecular weight is 578 g/mol. The number of rotatable bonds is 7. The van der Waals surface area contributed by atoms with Crippen molar-refractivity contribution in [2.45, 2.75) is 90.3 Å². The summed E-state index contributed by atoms with van der Waals surface area (Å²) in [4.78, 5) is 39.9. The highest BCUT2D eigenvalue weighted by atomic mass is 16.6.